The van der Waals surface area contributed by atoms with Gasteiger partial charge < -0.3 is 19.9 Å². The summed E-state index contributed by atoms with van der Waals surface area (Å²) in [6, 6.07) is 8.28. The van der Waals surface area contributed by atoms with E-state index in [2.05, 4.69) is 27.3 Å². The lowest BCUT2D eigenvalue weighted by Crippen LogP contribution is -2.41. The van der Waals surface area contributed by atoms with Crippen LogP contribution < -0.4 is 10.2 Å². The molecule has 0 aliphatic carbocycles. The molecule has 1 N–H and O–H groups in total. The fraction of sp³-hybridized carbons (Fsp3) is 0.600. The largest absolute Gasteiger partial charge is 0.381 e. The molecular weight excluding hydrogens is 328 g/mol. The molecule has 6 nitrogen and oxygen atoms in total. The van der Waals surface area contributed by atoms with E-state index < -0.39 is 0 Å². The lowest BCUT2D eigenvalue weighted by atomic mass is 9.87. The third-order valence-corrected chi connectivity index (χ3v) is 5.91. The van der Waals surface area contributed by atoms with E-state index in [1.165, 1.54) is 12.0 Å². The molecule has 140 valence electrons. The van der Waals surface area contributed by atoms with Gasteiger partial charge in [-0.25, -0.2) is 0 Å². The molecule has 3 saturated heterocycles. The Hall–Kier alpha value is -2.08. The van der Waals surface area contributed by atoms with Crippen molar-refractivity contribution < 1.29 is 9.53 Å². The number of anilines is 1. The first kappa shape index (κ1) is 17.3. The Morgan fingerprint density at radius 1 is 1.27 bits per heavy atom. The predicted octanol–water partition coefficient (Wildman–Crippen LogP) is 2.00. The molecule has 1 spiro atoms. The summed E-state index contributed by atoms with van der Waals surface area (Å²) < 4.78 is 5.62. The average Bonchev–Trinajstić information content (AvgIpc) is 3.40. The molecule has 0 aromatic heterocycles. The van der Waals surface area contributed by atoms with Gasteiger partial charge >= 0.3 is 0 Å². The summed E-state index contributed by atoms with van der Waals surface area (Å²) in [5, 5.41) is 3.49. The van der Waals surface area contributed by atoms with Gasteiger partial charge in [0.2, 0.25) is 5.91 Å². The van der Waals surface area contributed by atoms with Crippen LogP contribution in [0.5, 0.6) is 0 Å². The Kier molecular flexibility index (Phi) is 4.85. The van der Waals surface area contributed by atoms with E-state index in [1.807, 2.05) is 24.1 Å². The van der Waals surface area contributed by atoms with E-state index in [0.29, 0.717) is 11.8 Å². The van der Waals surface area contributed by atoms with Crippen LogP contribution in [0.4, 0.5) is 5.69 Å². The number of carbonyl (C=O) groups is 1. The number of ether oxygens (including phenoxy) is 1. The Balaban J connectivity index is 1.33. The lowest BCUT2D eigenvalue weighted by molar-refractivity contribution is -0.117. The van der Waals surface area contributed by atoms with Gasteiger partial charge in [0, 0.05) is 57.4 Å². The highest BCUT2D eigenvalue weighted by molar-refractivity contribution is 5.95. The van der Waals surface area contributed by atoms with Gasteiger partial charge in [-0.2, -0.15) is 0 Å². The molecule has 1 aromatic rings. The van der Waals surface area contributed by atoms with Crippen LogP contribution in [0.2, 0.25) is 0 Å². The van der Waals surface area contributed by atoms with Crippen molar-refractivity contribution in [2.45, 2.75) is 32.2 Å². The smallest absolute Gasteiger partial charge is 0.227 e. The van der Waals surface area contributed by atoms with Crippen molar-refractivity contribution in [2.24, 2.45) is 10.4 Å². The number of amides is 1. The molecule has 1 aromatic carbocycles. The fourth-order valence-electron chi connectivity index (χ4n) is 4.32. The van der Waals surface area contributed by atoms with Crippen molar-refractivity contribution in [3.8, 4) is 0 Å². The summed E-state index contributed by atoms with van der Waals surface area (Å²) in [7, 11) is 1.85. The average molecular weight is 356 g/mol. The normalized spacial score (nSPS) is 26.3. The predicted molar refractivity (Wildman–Crippen MR) is 102 cm³/mol. The standard InChI is InChI=1S/C20H28N4O2/c1-21-19(23-11-8-20(14-23)9-12-26-15-20)22-13-16-4-6-17(7-5-16)24-10-2-3-18(24)25/h4-7H,2-3,8-15H2,1H3,(H,21,22). The molecular formula is C20H28N4O2. The van der Waals surface area contributed by atoms with Gasteiger partial charge in [-0.05, 0) is 37.0 Å². The van der Waals surface area contributed by atoms with Gasteiger partial charge in [0.05, 0.1) is 6.61 Å². The number of rotatable bonds is 3. The number of likely N-dealkylation sites (tertiary alicyclic amines) is 1. The maximum absolute atomic E-state index is 11.9. The number of guanidine groups is 1. The van der Waals surface area contributed by atoms with E-state index in [0.717, 1.165) is 63.9 Å². The van der Waals surface area contributed by atoms with Crippen LogP contribution in [0.3, 0.4) is 0 Å². The summed E-state index contributed by atoms with van der Waals surface area (Å²) in [6.07, 6.45) is 3.98. The maximum atomic E-state index is 11.9. The van der Waals surface area contributed by atoms with Crippen LogP contribution >= 0.6 is 0 Å². The zero-order valence-corrected chi connectivity index (χ0v) is 15.5. The van der Waals surface area contributed by atoms with Gasteiger partial charge in [-0.15, -0.1) is 0 Å². The van der Waals surface area contributed by atoms with Gasteiger partial charge in [0.1, 0.15) is 0 Å². The topological polar surface area (TPSA) is 57.2 Å². The van der Waals surface area contributed by atoms with E-state index in [9.17, 15) is 4.79 Å². The van der Waals surface area contributed by atoms with Crippen molar-refractivity contribution in [1.29, 1.82) is 0 Å². The zero-order valence-electron chi connectivity index (χ0n) is 15.5. The zero-order chi connectivity index (χ0) is 18.0. The summed E-state index contributed by atoms with van der Waals surface area (Å²) in [4.78, 5) is 20.5. The number of nitrogens with zero attached hydrogens (tertiary/aromatic N) is 3. The SMILES string of the molecule is CN=C(NCc1ccc(N2CCCC2=O)cc1)N1CCC2(CCOC2)C1. The Bertz CT molecular complexity index is 680. The highest BCUT2D eigenvalue weighted by Crippen LogP contribution is 2.38. The van der Waals surface area contributed by atoms with Gasteiger partial charge in [-0.3, -0.25) is 9.79 Å². The Labute approximate surface area is 155 Å². The molecule has 3 fully saturated rings. The van der Waals surface area contributed by atoms with Gasteiger partial charge in [0.15, 0.2) is 5.96 Å². The molecule has 0 saturated carbocycles. The fourth-order valence-corrected chi connectivity index (χ4v) is 4.32. The molecule has 1 unspecified atom stereocenters. The van der Waals surface area contributed by atoms with E-state index >= 15 is 0 Å². The quantitative estimate of drug-likeness (QED) is 0.665. The molecule has 1 atom stereocenters. The second kappa shape index (κ2) is 7.27. The van der Waals surface area contributed by atoms with E-state index in [1.54, 1.807) is 0 Å². The minimum Gasteiger partial charge on any atom is -0.381 e. The lowest BCUT2D eigenvalue weighted by Gasteiger charge is -2.25. The van der Waals surface area contributed by atoms with Crippen molar-refractivity contribution in [2.75, 3.05) is 44.8 Å². The molecule has 3 aliphatic rings. The second-order valence-electron chi connectivity index (χ2n) is 7.69. The van der Waals surface area contributed by atoms with Crippen LogP contribution in [0.1, 0.15) is 31.2 Å². The maximum Gasteiger partial charge on any atom is 0.227 e. The van der Waals surface area contributed by atoms with Crippen LogP contribution in [0.25, 0.3) is 0 Å². The number of carbonyl (C=O) groups excluding carboxylic acids is 1. The molecule has 4 rings (SSSR count). The highest BCUT2D eigenvalue weighted by atomic mass is 16.5. The number of aliphatic imine (C=N–C) groups is 1. The summed E-state index contributed by atoms with van der Waals surface area (Å²) in [5.74, 6) is 1.20. The number of hydrogen-bond donors (Lipinski definition) is 1. The Morgan fingerprint density at radius 2 is 2.12 bits per heavy atom. The van der Waals surface area contributed by atoms with Crippen LogP contribution in [0, 0.1) is 5.41 Å². The van der Waals surface area contributed by atoms with Crippen LogP contribution in [0.15, 0.2) is 29.3 Å². The number of hydrogen-bond acceptors (Lipinski definition) is 3. The van der Waals surface area contributed by atoms with Crippen LogP contribution in [-0.2, 0) is 16.1 Å². The molecule has 1 amide bonds. The summed E-state index contributed by atoms with van der Waals surface area (Å²) in [5.41, 5.74) is 2.53. The number of nitrogens with one attached hydrogen (secondary N) is 1. The summed E-state index contributed by atoms with van der Waals surface area (Å²) in [6.45, 7) is 5.43. The first-order chi connectivity index (χ1) is 12.7. The number of benzene rings is 1. The van der Waals surface area contributed by atoms with Crippen molar-refractivity contribution in [3.63, 3.8) is 0 Å². The van der Waals surface area contributed by atoms with E-state index in [4.69, 9.17) is 4.74 Å². The van der Waals surface area contributed by atoms with Gasteiger partial charge in [0.25, 0.3) is 0 Å². The third kappa shape index (κ3) is 3.43. The monoisotopic (exact) mass is 356 g/mol. The minimum absolute atomic E-state index is 0.232. The van der Waals surface area contributed by atoms with Gasteiger partial charge in [-0.1, -0.05) is 12.1 Å². The molecule has 3 aliphatic heterocycles. The van der Waals surface area contributed by atoms with Crippen molar-refractivity contribution >= 4 is 17.6 Å². The highest BCUT2D eigenvalue weighted by Gasteiger charge is 2.42. The molecule has 0 bridgehead atoms. The molecule has 0 radical (unpaired) electrons. The Morgan fingerprint density at radius 3 is 2.77 bits per heavy atom. The molecule has 6 heteroatoms. The van der Waals surface area contributed by atoms with Crippen LogP contribution in [-0.4, -0.2) is 56.7 Å². The first-order valence-corrected chi connectivity index (χ1v) is 9.62. The second-order valence-corrected chi connectivity index (χ2v) is 7.69. The third-order valence-electron chi connectivity index (χ3n) is 5.91. The molecule has 3 heterocycles. The molecule has 26 heavy (non-hydrogen) atoms. The summed E-state index contributed by atoms with van der Waals surface area (Å²) >= 11 is 0. The first-order valence-electron chi connectivity index (χ1n) is 9.62. The minimum atomic E-state index is 0.232. The van der Waals surface area contributed by atoms with Crippen molar-refractivity contribution in [1.82, 2.24) is 10.2 Å². The van der Waals surface area contributed by atoms with E-state index in [-0.39, 0.29) is 5.91 Å². The van der Waals surface area contributed by atoms with Crippen molar-refractivity contribution in [3.05, 3.63) is 29.8 Å².